The Balaban J connectivity index is 2.40. The number of halogens is 1. The summed E-state index contributed by atoms with van der Waals surface area (Å²) in [5.74, 6) is -0.611. The number of methoxy groups -OCH3 is 1. The summed E-state index contributed by atoms with van der Waals surface area (Å²) >= 11 is 5.95. The Labute approximate surface area is 182 Å². The molecule has 0 radical (unpaired) electrons. The van der Waals surface area contributed by atoms with Gasteiger partial charge in [0, 0.05) is 28.4 Å². The lowest BCUT2D eigenvalue weighted by atomic mass is 9.98. The van der Waals surface area contributed by atoms with E-state index in [0.717, 1.165) is 6.42 Å². The molecule has 0 saturated heterocycles. The number of benzene rings is 1. The van der Waals surface area contributed by atoms with Crippen LogP contribution in [0.5, 0.6) is 0 Å². The number of nitrogens with zero attached hydrogens (tertiary/aromatic N) is 1. The average molecular weight is 433 g/mol. The van der Waals surface area contributed by atoms with Crippen molar-refractivity contribution in [3.8, 4) is 0 Å². The normalized spacial score (nSPS) is 12.0. The van der Waals surface area contributed by atoms with Gasteiger partial charge >= 0.3 is 5.97 Å². The maximum Gasteiger partial charge on any atom is 0.354 e. The van der Waals surface area contributed by atoms with E-state index in [-0.39, 0.29) is 17.4 Å². The first-order chi connectivity index (χ1) is 14.1. The van der Waals surface area contributed by atoms with Crippen molar-refractivity contribution in [2.45, 2.75) is 47.1 Å². The zero-order chi connectivity index (χ0) is 22.6. The van der Waals surface area contributed by atoms with Gasteiger partial charge in [0.15, 0.2) is 5.78 Å². The molecule has 1 amide bonds. The Bertz CT molecular complexity index is 931. The second-order valence-electron chi connectivity index (χ2n) is 7.84. The van der Waals surface area contributed by atoms with Crippen LogP contribution in [0.1, 0.15) is 69.7 Å². The maximum absolute atomic E-state index is 13.4. The van der Waals surface area contributed by atoms with Gasteiger partial charge in [-0.15, -0.1) is 0 Å². The molecule has 0 saturated carbocycles. The molecular formula is C23H29ClN2O4. The SMILES string of the molecule is COC(=O)c1[nH]c(C)c(C(=O)[C@H](C)N(CCC(C)C)C(=O)c2ccc(Cl)cc2)c1C. The molecule has 1 aromatic heterocycles. The van der Waals surface area contributed by atoms with E-state index in [4.69, 9.17) is 16.3 Å². The van der Waals surface area contributed by atoms with Gasteiger partial charge in [0.1, 0.15) is 5.69 Å². The van der Waals surface area contributed by atoms with Crippen LogP contribution in [0, 0.1) is 19.8 Å². The summed E-state index contributed by atoms with van der Waals surface area (Å²) in [7, 11) is 1.29. The summed E-state index contributed by atoms with van der Waals surface area (Å²) in [6, 6.07) is 5.93. The smallest absolute Gasteiger partial charge is 0.354 e. The molecule has 2 aromatic rings. The largest absolute Gasteiger partial charge is 0.464 e. The van der Waals surface area contributed by atoms with Crippen LogP contribution in [-0.2, 0) is 4.74 Å². The van der Waals surface area contributed by atoms with E-state index >= 15 is 0 Å². The number of esters is 1. The zero-order valence-corrected chi connectivity index (χ0v) is 19.1. The first-order valence-electron chi connectivity index (χ1n) is 9.96. The van der Waals surface area contributed by atoms with Gasteiger partial charge in [0.2, 0.25) is 0 Å². The molecular weight excluding hydrogens is 404 g/mol. The highest BCUT2D eigenvalue weighted by Crippen LogP contribution is 2.23. The van der Waals surface area contributed by atoms with Crippen LogP contribution in [0.25, 0.3) is 0 Å². The van der Waals surface area contributed by atoms with E-state index in [0.29, 0.717) is 39.9 Å². The first kappa shape index (κ1) is 23.7. The van der Waals surface area contributed by atoms with Crippen LogP contribution in [0.15, 0.2) is 24.3 Å². The molecule has 6 nitrogen and oxygen atoms in total. The van der Waals surface area contributed by atoms with E-state index in [1.165, 1.54) is 7.11 Å². The predicted octanol–water partition coefficient (Wildman–Crippen LogP) is 4.83. The van der Waals surface area contributed by atoms with Crippen molar-refractivity contribution in [2.75, 3.05) is 13.7 Å². The number of aromatic amines is 1. The third-order valence-corrected chi connectivity index (χ3v) is 5.47. The Morgan fingerprint density at radius 1 is 1.10 bits per heavy atom. The fraction of sp³-hybridized carbons (Fsp3) is 0.435. The van der Waals surface area contributed by atoms with Crippen molar-refractivity contribution in [1.82, 2.24) is 9.88 Å². The second-order valence-corrected chi connectivity index (χ2v) is 8.28. The molecule has 0 aliphatic heterocycles. The summed E-state index contributed by atoms with van der Waals surface area (Å²) in [5.41, 5.74) is 2.25. The van der Waals surface area contributed by atoms with Crippen LogP contribution < -0.4 is 0 Å². The van der Waals surface area contributed by atoms with E-state index in [9.17, 15) is 14.4 Å². The Morgan fingerprint density at radius 3 is 2.23 bits per heavy atom. The summed E-state index contributed by atoms with van der Waals surface area (Å²) in [6.45, 7) is 9.74. The van der Waals surface area contributed by atoms with E-state index < -0.39 is 12.0 Å². The number of ketones is 1. The van der Waals surface area contributed by atoms with Gasteiger partial charge in [0.05, 0.1) is 13.2 Å². The molecule has 30 heavy (non-hydrogen) atoms. The molecule has 0 bridgehead atoms. The fourth-order valence-corrected chi connectivity index (χ4v) is 3.53. The topological polar surface area (TPSA) is 79.5 Å². The molecule has 7 heteroatoms. The number of ether oxygens (including phenoxy) is 1. The summed E-state index contributed by atoms with van der Waals surface area (Å²) in [4.78, 5) is 43.1. The molecule has 0 aliphatic rings. The molecule has 0 spiro atoms. The number of hydrogen-bond donors (Lipinski definition) is 1. The van der Waals surface area contributed by atoms with Gasteiger partial charge in [-0.2, -0.15) is 0 Å². The van der Waals surface area contributed by atoms with Crippen LogP contribution >= 0.6 is 11.6 Å². The molecule has 162 valence electrons. The fourth-order valence-electron chi connectivity index (χ4n) is 3.40. The second kappa shape index (κ2) is 9.94. The summed E-state index contributed by atoms with van der Waals surface area (Å²) in [6.07, 6.45) is 0.759. The highest BCUT2D eigenvalue weighted by Gasteiger charge is 2.31. The van der Waals surface area contributed by atoms with Crippen molar-refractivity contribution in [1.29, 1.82) is 0 Å². The van der Waals surface area contributed by atoms with E-state index in [1.807, 2.05) is 0 Å². The standard InChI is InChI=1S/C23H29ClN2O4/c1-13(2)11-12-26(22(28)17-7-9-18(24)10-8-17)16(5)21(27)19-14(3)20(23(29)30-6)25-15(19)4/h7-10,13,16,25H,11-12H2,1-6H3/t16-/m0/s1. The number of rotatable bonds is 8. The molecule has 1 heterocycles. The predicted molar refractivity (Wildman–Crippen MR) is 117 cm³/mol. The summed E-state index contributed by atoms with van der Waals surface area (Å²) < 4.78 is 4.79. The molecule has 0 unspecified atom stereocenters. The minimum Gasteiger partial charge on any atom is -0.464 e. The minimum atomic E-state index is -0.703. The Kier molecular flexibility index (Phi) is 7.84. The number of amides is 1. The lowest BCUT2D eigenvalue weighted by Gasteiger charge is -2.29. The van der Waals surface area contributed by atoms with Gasteiger partial charge in [-0.05, 0) is 62.9 Å². The lowest BCUT2D eigenvalue weighted by Crippen LogP contribution is -2.44. The number of aryl methyl sites for hydroxylation is 1. The lowest BCUT2D eigenvalue weighted by molar-refractivity contribution is 0.0592. The van der Waals surface area contributed by atoms with Crippen LogP contribution in [0.4, 0.5) is 0 Å². The third-order valence-electron chi connectivity index (χ3n) is 5.22. The van der Waals surface area contributed by atoms with Gasteiger partial charge in [-0.25, -0.2) is 4.79 Å². The first-order valence-corrected chi connectivity index (χ1v) is 10.3. The minimum absolute atomic E-state index is 0.220. The quantitative estimate of drug-likeness (QED) is 0.478. The van der Waals surface area contributed by atoms with Gasteiger partial charge in [0.25, 0.3) is 5.91 Å². The Hall–Kier alpha value is -2.60. The van der Waals surface area contributed by atoms with Gasteiger partial charge in [-0.1, -0.05) is 25.4 Å². The van der Waals surface area contributed by atoms with Crippen molar-refractivity contribution < 1.29 is 19.1 Å². The molecule has 1 atom stereocenters. The maximum atomic E-state index is 13.4. The Morgan fingerprint density at radius 2 is 1.70 bits per heavy atom. The molecule has 2 rings (SSSR count). The zero-order valence-electron chi connectivity index (χ0n) is 18.3. The number of carbonyl (C=O) groups is 3. The highest BCUT2D eigenvalue weighted by molar-refractivity contribution is 6.30. The number of carbonyl (C=O) groups excluding carboxylic acids is 3. The van der Waals surface area contributed by atoms with Crippen LogP contribution in [0.2, 0.25) is 5.02 Å². The van der Waals surface area contributed by atoms with Crippen molar-refractivity contribution >= 4 is 29.3 Å². The monoisotopic (exact) mass is 432 g/mol. The number of hydrogen-bond acceptors (Lipinski definition) is 4. The average Bonchev–Trinajstić information content (AvgIpc) is 3.00. The highest BCUT2D eigenvalue weighted by atomic mass is 35.5. The summed E-state index contributed by atoms with van der Waals surface area (Å²) in [5, 5.41) is 0.540. The third kappa shape index (κ3) is 5.11. The number of H-pyrrole nitrogens is 1. The number of aromatic nitrogens is 1. The van der Waals surface area contributed by atoms with Crippen molar-refractivity contribution in [2.24, 2.45) is 5.92 Å². The van der Waals surface area contributed by atoms with Gasteiger partial charge in [-0.3, -0.25) is 9.59 Å². The van der Waals surface area contributed by atoms with Crippen LogP contribution in [0.3, 0.4) is 0 Å². The van der Waals surface area contributed by atoms with Crippen LogP contribution in [-0.4, -0.2) is 47.2 Å². The van der Waals surface area contributed by atoms with Crippen molar-refractivity contribution in [3.05, 3.63) is 57.4 Å². The van der Waals surface area contributed by atoms with Crippen molar-refractivity contribution in [3.63, 3.8) is 0 Å². The molecule has 0 fully saturated rings. The number of nitrogens with one attached hydrogen (secondary N) is 1. The van der Waals surface area contributed by atoms with Gasteiger partial charge < -0.3 is 14.6 Å². The molecule has 1 aromatic carbocycles. The van der Waals surface area contributed by atoms with E-state index in [1.54, 1.807) is 49.9 Å². The molecule has 0 aliphatic carbocycles. The molecule has 1 N–H and O–H groups in total. The van der Waals surface area contributed by atoms with E-state index in [2.05, 4.69) is 18.8 Å². The number of Topliss-reactive ketones (excluding diaryl/α,β-unsaturated/α-hetero) is 1.